The predicted molar refractivity (Wildman–Crippen MR) is 112 cm³/mol. The molecule has 5 nitrogen and oxygen atoms in total. The van der Waals surface area contributed by atoms with E-state index in [1.165, 1.54) is 48.4 Å². The molecular weight excluding hydrogens is 420 g/mol. The van der Waals surface area contributed by atoms with Crippen molar-refractivity contribution < 1.29 is 27.1 Å². The Labute approximate surface area is 175 Å². The van der Waals surface area contributed by atoms with Crippen molar-refractivity contribution in [1.82, 2.24) is 4.90 Å². The fourth-order valence-electron chi connectivity index (χ4n) is 3.13. The van der Waals surface area contributed by atoms with Gasteiger partial charge in [0.25, 0.3) is 0 Å². The molecule has 0 aromatic heterocycles. The quantitative estimate of drug-likeness (QED) is 0.417. The zero-order valence-corrected chi connectivity index (χ0v) is 18.0. The Morgan fingerprint density at radius 1 is 1.31 bits per heavy atom. The first-order chi connectivity index (χ1) is 13.6. The highest BCUT2D eigenvalue weighted by molar-refractivity contribution is 8.12. The van der Waals surface area contributed by atoms with Crippen LogP contribution in [-0.4, -0.2) is 60.1 Å². The van der Waals surface area contributed by atoms with Gasteiger partial charge in [-0.3, -0.25) is 4.79 Å². The average molecular weight is 448 g/mol. The van der Waals surface area contributed by atoms with Crippen LogP contribution in [0.2, 0.25) is 0 Å². The molecule has 1 amide bonds. The number of aliphatic hydroxyl groups is 1. The van der Waals surface area contributed by atoms with Gasteiger partial charge in [0.15, 0.2) is 9.84 Å². The number of alkyl halides is 2. The van der Waals surface area contributed by atoms with E-state index in [9.17, 15) is 27.1 Å². The lowest BCUT2D eigenvalue weighted by Crippen LogP contribution is -2.34. The molecule has 1 aromatic rings. The number of carbonyl (C=O) groups excluding carboxylic acids is 1. The summed E-state index contributed by atoms with van der Waals surface area (Å²) in [6.45, 7) is 0.485. The molecule has 1 unspecified atom stereocenters. The van der Waals surface area contributed by atoms with Crippen molar-refractivity contribution in [3.8, 4) is 0 Å². The first-order valence-electron chi connectivity index (χ1n) is 9.46. The molecule has 0 bridgehead atoms. The summed E-state index contributed by atoms with van der Waals surface area (Å²) in [7, 11) is -2.99. The summed E-state index contributed by atoms with van der Waals surface area (Å²) in [5.41, 5.74) is -0.261. The maximum Gasteiger partial charge on any atom is 0.302 e. The second-order valence-electron chi connectivity index (χ2n) is 7.17. The monoisotopic (exact) mass is 447 g/mol. The van der Waals surface area contributed by atoms with Gasteiger partial charge in [-0.15, -0.1) is 11.8 Å². The van der Waals surface area contributed by atoms with Crippen LogP contribution in [0.15, 0.2) is 42.5 Å². The van der Waals surface area contributed by atoms with Crippen LogP contribution in [0.5, 0.6) is 0 Å². The maximum atomic E-state index is 14.4. The van der Waals surface area contributed by atoms with Crippen molar-refractivity contribution in [2.75, 3.05) is 23.6 Å². The molecule has 0 spiro atoms. The summed E-state index contributed by atoms with van der Waals surface area (Å²) in [6.07, 6.45) is 4.12. The fourth-order valence-corrected chi connectivity index (χ4v) is 5.22. The minimum absolute atomic E-state index is 0.0345. The van der Waals surface area contributed by atoms with Crippen LogP contribution in [0.1, 0.15) is 31.2 Å². The van der Waals surface area contributed by atoms with Crippen molar-refractivity contribution >= 4 is 27.5 Å². The van der Waals surface area contributed by atoms with Crippen LogP contribution >= 0.6 is 11.8 Å². The van der Waals surface area contributed by atoms with Crippen LogP contribution in [0.3, 0.4) is 0 Å². The molecule has 0 aliphatic carbocycles. The van der Waals surface area contributed by atoms with Crippen LogP contribution in [0.4, 0.5) is 8.78 Å². The number of hydrogen-bond acceptors (Lipinski definition) is 5. The van der Waals surface area contributed by atoms with Gasteiger partial charge in [0.2, 0.25) is 5.91 Å². The molecule has 0 radical (unpaired) electrons. The van der Waals surface area contributed by atoms with Gasteiger partial charge in [0, 0.05) is 24.8 Å². The van der Waals surface area contributed by atoms with Crippen molar-refractivity contribution in [1.29, 1.82) is 0 Å². The molecule has 1 aliphatic heterocycles. The largest absolute Gasteiger partial charge is 0.382 e. The highest BCUT2D eigenvalue weighted by Crippen LogP contribution is 2.32. The fraction of sp³-hybridized carbons (Fsp3) is 0.550. The topological polar surface area (TPSA) is 74.7 Å². The minimum Gasteiger partial charge on any atom is -0.382 e. The van der Waals surface area contributed by atoms with Crippen LogP contribution < -0.4 is 0 Å². The van der Waals surface area contributed by atoms with E-state index >= 15 is 0 Å². The van der Waals surface area contributed by atoms with Crippen molar-refractivity contribution in [2.45, 2.75) is 43.8 Å². The van der Waals surface area contributed by atoms with E-state index in [1.54, 1.807) is 11.0 Å². The molecule has 0 saturated carbocycles. The van der Waals surface area contributed by atoms with E-state index < -0.39 is 21.9 Å². The highest BCUT2D eigenvalue weighted by Gasteiger charge is 2.39. The lowest BCUT2D eigenvalue weighted by molar-refractivity contribution is -0.128. The standard InChI is InChI=1S/C20H27F2NO4S2/c1-29(26,27)15-28-14-6-5-13-23-17(10-12-19(23)25)9-11-18(24)20(21,22)16-7-3-2-4-8-16/h2-4,7-9,11,17-18,24H,5-6,10,12-15H2,1H3/b11-9+/t17-,18?/m0/s1. The average Bonchev–Trinajstić information content (AvgIpc) is 3.02. The predicted octanol–water partition coefficient (Wildman–Crippen LogP) is 3.20. The molecule has 1 N–H and O–H groups in total. The Balaban J connectivity index is 1.86. The molecule has 1 fully saturated rings. The number of thioether (sulfide) groups is 1. The lowest BCUT2D eigenvalue weighted by atomic mass is 10.0. The molecule has 2 atom stereocenters. The summed E-state index contributed by atoms with van der Waals surface area (Å²) < 4.78 is 50.9. The number of aliphatic hydroxyl groups excluding tert-OH is 1. The number of hydrogen-bond donors (Lipinski definition) is 1. The summed E-state index contributed by atoms with van der Waals surface area (Å²) in [5, 5.41) is 10.1. The van der Waals surface area contributed by atoms with E-state index in [0.29, 0.717) is 31.6 Å². The van der Waals surface area contributed by atoms with Gasteiger partial charge in [-0.05, 0) is 25.0 Å². The number of likely N-dealkylation sites (tertiary alicyclic amines) is 1. The summed E-state index contributed by atoms with van der Waals surface area (Å²) in [6, 6.07) is 6.83. The molecular formula is C20H27F2NO4S2. The number of carbonyl (C=O) groups is 1. The first kappa shape index (κ1) is 23.8. The molecule has 1 aromatic carbocycles. The minimum atomic E-state index is -3.41. The molecule has 1 aliphatic rings. The Morgan fingerprint density at radius 3 is 2.66 bits per heavy atom. The summed E-state index contributed by atoms with van der Waals surface area (Å²) >= 11 is 1.34. The first-order valence-corrected chi connectivity index (χ1v) is 12.7. The number of halogens is 2. The van der Waals surface area contributed by atoms with Gasteiger partial charge in [-0.1, -0.05) is 42.5 Å². The van der Waals surface area contributed by atoms with Crippen molar-refractivity contribution in [2.24, 2.45) is 0 Å². The van der Waals surface area contributed by atoms with E-state index in [0.717, 1.165) is 12.5 Å². The van der Waals surface area contributed by atoms with E-state index in [-0.39, 0.29) is 22.6 Å². The molecule has 162 valence electrons. The Hall–Kier alpha value is -1.45. The molecule has 29 heavy (non-hydrogen) atoms. The van der Waals surface area contributed by atoms with E-state index in [2.05, 4.69) is 0 Å². The zero-order valence-electron chi connectivity index (χ0n) is 16.3. The van der Waals surface area contributed by atoms with Crippen LogP contribution in [0, 0.1) is 0 Å². The lowest BCUT2D eigenvalue weighted by Gasteiger charge is -2.24. The van der Waals surface area contributed by atoms with Crippen LogP contribution in [-0.2, 0) is 20.6 Å². The third-order valence-corrected chi connectivity index (χ3v) is 7.61. The maximum absolute atomic E-state index is 14.4. The smallest absolute Gasteiger partial charge is 0.302 e. The van der Waals surface area contributed by atoms with Gasteiger partial charge in [-0.2, -0.15) is 8.78 Å². The number of unbranched alkanes of at least 4 members (excludes halogenated alkanes) is 1. The number of sulfone groups is 1. The van der Waals surface area contributed by atoms with Gasteiger partial charge >= 0.3 is 5.92 Å². The van der Waals surface area contributed by atoms with E-state index in [1.807, 2.05) is 0 Å². The Bertz CT molecular complexity index is 800. The molecule has 9 heteroatoms. The summed E-state index contributed by atoms with van der Waals surface area (Å²) in [4.78, 5) is 13.7. The van der Waals surface area contributed by atoms with Gasteiger partial charge in [0.05, 0.1) is 11.1 Å². The number of nitrogens with zero attached hydrogens (tertiary/aromatic N) is 1. The third kappa shape index (κ3) is 7.38. The number of benzene rings is 1. The zero-order chi connectivity index (χ0) is 21.5. The van der Waals surface area contributed by atoms with Crippen molar-refractivity contribution in [3.05, 3.63) is 48.0 Å². The number of amides is 1. The van der Waals surface area contributed by atoms with Gasteiger partial charge in [0.1, 0.15) is 6.10 Å². The third-order valence-electron chi connectivity index (χ3n) is 4.66. The molecule has 2 rings (SSSR count). The SMILES string of the molecule is CS(=O)(=O)CSCCCCN1C(=O)CC[C@@H]1/C=C/C(O)C(F)(F)c1ccccc1. The summed E-state index contributed by atoms with van der Waals surface area (Å²) in [5.74, 6) is -2.77. The Morgan fingerprint density at radius 2 is 2.00 bits per heavy atom. The highest BCUT2D eigenvalue weighted by atomic mass is 32.3. The van der Waals surface area contributed by atoms with Gasteiger partial charge < -0.3 is 10.0 Å². The second kappa shape index (κ2) is 10.5. The van der Waals surface area contributed by atoms with Gasteiger partial charge in [-0.25, -0.2) is 8.42 Å². The molecule has 1 saturated heterocycles. The molecule has 1 heterocycles. The second-order valence-corrected chi connectivity index (χ2v) is 10.8. The number of rotatable bonds is 11. The normalized spacial score (nSPS) is 19.2. The van der Waals surface area contributed by atoms with E-state index in [4.69, 9.17) is 0 Å². The van der Waals surface area contributed by atoms with Crippen molar-refractivity contribution in [3.63, 3.8) is 0 Å². The Kier molecular flexibility index (Phi) is 8.66. The van der Waals surface area contributed by atoms with Crippen LogP contribution in [0.25, 0.3) is 0 Å².